The zero-order chi connectivity index (χ0) is 21.6. The average molecular weight is 473 g/mol. The number of hydrogen-bond donors (Lipinski definition) is 0. The van der Waals surface area contributed by atoms with Crippen LogP contribution in [-0.4, -0.2) is 38.5 Å². The van der Waals surface area contributed by atoms with E-state index in [0.29, 0.717) is 6.61 Å². The number of nitrogens with zero attached hydrogens (tertiary/aromatic N) is 4. The Morgan fingerprint density at radius 3 is 2.74 bits per heavy atom. The fourth-order valence-electron chi connectivity index (χ4n) is 3.84. The molecular weight excluding hydrogens is 448 g/mol. The molecule has 4 aromatic rings. The van der Waals surface area contributed by atoms with Crippen molar-refractivity contribution in [1.82, 2.24) is 19.6 Å². The second-order valence-electron chi connectivity index (χ2n) is 7.83. The highest BCUT2D eigenvalue weighted by atomic mass is 32.2. The third-order valence-electron chi connectivity index (χ3n) is 5.88. The van der Waals surface area contributed by atoms with E-state index in [0.717, 1.165) is 50.5 Å². The molecule has 3 aromatic heterocycles. The third-order valence-corrected chi connectivity index (χ3v) is 8.62. The molecule has 0 saturated carbocycles. The summed E-state index contributed by atoms with van der Waals surface area (Å²) in [6, 6.07) is 8.14. The molecule has 0 aliphatic carbocycles. The highest BCUT2D eigenvalue weighted by Crippen LogP contribution is 2.42. The average Bonchev–Trinajstić information content (AvgIpc) is 3.38. The number of benzene rings is 1. The maximum atomic E-state index is 6.17. The Hall–Kier alpha value is -1.81. The quantitative estimate of drug-likeness (QED) is 0.267. The maximum absolute atomic E-state index is 6.17. The van der Waals surface area contributed by atoms with Crippen LogP contribution in [-0.2, 0) is 23.5 Å². The van der Waals surface area contributed by atoms with Crippen LogP contribution in [0.4, 0.5) is 0 Å². The summed E-state index contributed by atoms with van der Waals surface area (Å²) < 4.78 is 13.5. The summed E-state index contributed by atoms with van der Waals surface area (Å²) in [6.45, 7) is 5.03. The molecule has 1 aromatic carbocycles. The van der Waals surface area contributed by atoms with E-state index in [4.69, 9.17) is 14.5 Å². The minimum absolute atomic E-state index is 0.137. The molecule has 1 aliphatic heterocycles. The first-order chi connectivity index (χ1) is 15.0. The fraction of sp³-hybridized carbons (Fsp3) is 0.409. The summed E-state index contributed by atoms with van der Waals surface area (Å²) in [7, 11) is 1.68. The van der Waals surface area contributed by atoms with E-state index in [1.165, 1.54) is 16.0 Å². The molecule has 0 radical (unpaired) electrons. The number of thioether (sulfide) groups is 2. The van der Waals surface area contributed by atoms with E-state index >= 15 is 0 Å². The SMILES string of the molecule is CCC1(C)Cc2c(sc3nc(SC)n4c(SCc5ccc(OC)cc5)nnc4c23)CO1. The largest absolute Gasteiger partial charge is 0.497 e. The van der Waals surface area contributed by atoms with Crippen LogP contribution < -0.4 is 4.74 Å². The van der Waals surface area contributed by atoms with Crippen molar-refractivity contribution in [2.45, 2.75) is 55.0 Å². The summed E-state index contributed by atoms with van der Waals surface area (Å²) in [6.07, 6.45) is 3.91. The molecule has 5 rings (SSSR count). The van der Waals surface area contributed by atoms with Gasteiger partial charge >= 0.3 is 0 Å². The van der Waals surface area contributed by atoms with Crippen LogP contribution in [0.5, 0.6) is 5.75 Å². The predicted octanol–water partition coefficient (Wildman–Crippen LogP) is 5.60. The molecule has 4 heterocycles. The summed E-state index contributed by atoms with van der Waals surface area (Å²) in [4.78, 5) is 7.29. The van der Waals surface area contributed by atoms with Crippen molar-refractivity contribution < 1.29 is 9.47 Å². The van der Waals surface area contributed by atoms with Crippen LogP contribution in [0.25, 0.3) is 15.9 Å². The normalized spacial score (nSPS) is 18.6. The summed E-state index contributed by atoms with van der Waals surface area (Å²) in [5.74, 6) is 1.67. The zero-order valence-corrected chi connectivity index (χ0v) is 20.4. The minimum atomic E-state index is -0.137. The molecule has 0 bridgehead atoms. The van der Waals surface area contributed by atoms with Gasteiger partial charge in [0.15, 0.2) is 16.0 Å². The van der Waals surface area contributed by atoms with E-state index < -0.39 is 0 Å². The van der Waals surface area contributed by atoms with Gasteiger partial charge in [0.05, 0.1) is 24.7 Å². The number of thiophene rings is 1. The van der Waals surface area contributed by atoms with Gasteiger partial charge in [0, 0.05) is 17.1 Å². The van der Waals surface area contributed by atoms with Crippen LogP contribution in [0.3, 0.4) is 0 Å². The van der Waals surface area contributed by atoms with Crippen molar-refractivity contribution >= 4 is 50.7 Å². The lowest BCUT2D eigenvalue weighted by Gasteiger charge is -2.32. The molecule has 31 heavy (non-hydrogen) atoms. The lowest BCUT2D eigenvalue weighted by Crippen LogP contribution is -2.33. The summed E-state index contributed by atoms with van der Waals surface area (Å²) in [5, 5.41) is 12.1. The molecule has 0 saturated heterocycles. The van der Waals surface area contributed by atoms with Crippen molar-refractivity contribution in [3.05, 3.63) is 40.3 Å². The van der Waals surface area contributed by atoms with E-state index in [2.05, 4.69) is 46.8 Å². The van der Waals surface area contributed by atoms with Gasteiger partial charge in [0.1, 0.15) is 10.6 Å². The molecule has 6 nitrogen and oxygen atoms in total. The Morgan fingerprint density at radius 2 is 2.03 bits per heavy atom. The standard InChI is InChI=1S/C22H24N4O2S3/c1-5-22(2)10-15-16(11-28-22)31-19-17(15)18-24-25-21(26(18)20(23-19)29-4)30-12-13-6-8-14(27-3)9-7-13/h6-9H,5,10-12H2,1-4H3. The number of hydrogen-bond acceptors (Lipinski definition) is 8. The first-order valence-electron chi connectivity index (χ1n) is 10.2. The summed E-state index contributed by atoms with van der Waals surface area (Å²) >= 11 is 5.03. The minimum Gasteiger partial charge on any atom is -0.497 e. The molecule has 162 valence electrons. The van der Waals surface area contributed by atoms with E-state index in [9.17, 15) is 0 Å². The van der Waals surface area contributed by atoms with Crippen molar-refractivity contribution in [3.63, 3.8) is 0 Å². The Balaban J connectivity index is 1.56. The van der Waals surface area contributed by atoms with Gasteiger partial charge in [-0.15, -0.1) is 21.5 Å². The lowest BCUT2D eigenvalue weighted by atomic mass is 9.90. The van der Waals surface area contributed by atoms with Gasteiger partial charge in [-0.3, -0.25) is 0 Å². The van der Waals surface area contributed by atoms with Crippen LogP contribution in [0, 0.1) is 0 Å². The monoisotopic (exact) mass is 472 g/mol. The Kier molecular flexibility index (Phi) is 5.62. The maximum Gasteiger partial charge on any atom is 0.198 e. The number of ether oxygens (including phenoxy) is 2. The van der Waals surface area contributed by atoms with Crippen LogP contribution in [0.15, 0.2) is 34.6 Å². The Bertz CT molecular complexity index is 1250. The molecule has 0 spiro atoms. The predicted molar refractivity (Wildman–Crippen MR) is 128 cm³/mol. The van der Waals surface area contributed by atoms with Crippen LogP contribution in [0.1, 0.15) is 36.3 Å². The van der Waals surface area contributed by atoms with Gasteiger partial charge in [-0.2, -0.15) is 0 Å². The molecule has 1 atom stereocenters. The van der Waals surface area contributed by atoms with Crippen molar-refractivity contribution in [1.29, 1.82) is 0 Å². The smallest absolute Gasteiger partial charge is 0.198 e. The Labute approximate surface area is 193 Å². The molecule has 1 aliphatic rings. The van der Waals surface area contributed by atoms with Crippen LogP contribution >= 0.6 is 34.9 Å². The van der Waals surface area contributed by atoms with Gasteiger partial charge in [0.25, 0.3) is 0 Å². The first kappa shape index (κ1) is 21.1. The summed E-state index contributed by atoms with van der Waals surface area (Å²) in [5.41, 5.74) is 3.32. The lowest BCUT2D eigenvalue weighted by molar-refractivity contribution is -0.0542. The van der Waals surface area contributed by atoms with Gasteiger partial charge < -0.3 is 9.47 Å². The highest BCUT2D eigenvalue weighted by Gasteiger charge is 2.33. The number of rotatable bonds is 6. The number of methoxy groups -OCH3 is 1. The highest BCUT2D eigenvalue weighted by molar-refractivity contribution is 7.99. The number of fused-ring (bicyclic) bond motifs is 5. The van der Waals surface area contributed by atoms with Gasteiger partial charge in [-0.1, -0.05) is 42.6 Å². The van der Waals surface area contributed by atoms with Crippen molar-refractivity contribution in [2.24, 2.45) is 0 Å². The van der Waals surface area contributed by atoms with E-state index in [-0.39, 0.29) is 5.60 Å². The number of aromatic nitrogens is 4. The topological polar surface area (TPSA) is 61.5 Å². The fourth-order valence-corrected chi connectivity index (χ4v) is 6.48. The van der Waals surface area contributed by atoms with Crippen molar-refractivity contribution in [2.75, 3.05) is 13.4 Å². The second-order valence-corrected chi connectivity index (χ2v) is 10.6. The van der Waals surface area contributed by atoms with Gasteiger partial charge in [0.2, 0.25) is 0 Å². The van der Waals surface area contributed by atoms with E-state index in [1.54, 1.807) is 42.0 Å². The second kappa shape index (κ2) is 8.27. The van der Waals surface area contributed by atoms with Gasteiger partial charge in [-0.05, 0) is 42.9 Å². The molecule has 0 fully saturated rings. The molecule has 1 unspecified atom stereocenters. The van der Waals surface area contributed by atoms with Crippen molar-refractivity contribution in [3.8, 4) is 5.75 Å². The molecule has 9 heteroatoms. The Morgan fingerprint density at radius 1 is 1.23 bits per heavy atom. The zero-order valence-electron chi connectivity index (χ0n) is 18.0. The third kappa shape index (κ3) is 3.71. The molecule has 0 N–H and O–H groups in total. The molecular formula is C22H24N4O2S3. The van der Waals surface area contributed by atoms with Crippen LogP contribution in [0.2, 0.25) is 0 Å². The molecule has 0 amide bonds. The van der Waals surface area contributed by atoms with E-state index in [1.807, 2.05) is 12.1 Å². The first-order valence-corrected chi connectivity index (χ1v) is 13.2. The van der Waals surface area contributed by atoms with Gasteiger partial charge in [-0.25, -0.2) is 9.38 Å².